The Bertz CT molecular complexity index is 672. The molecule has 0 aliphatic carbocycles. The third-order valence-electron chi connectivity index (χ3n) is 3.89. The van der Waals surface area contributed by atoms with E-state index in [9.17, 15) is 13.6 Å². The second-order valence-corrected chi connectivity index (χ2v) is 5.47. The Morgan fingerprint density at radius 3 is 2.78 bits per heavy atom. The fraction of sp³-hybridized carbons (Fsp3) is 0.467. The molecule has 0 spiro atoms. The van der Waals surface area contributed by atoms with Crippen LogP contribution in [0.2, 0.25) is 0 Å². The van der Waals surface area contributed by atoms with E-state index in [0.29, 0.717) is 36.7 Å². The van der Waals surface area contributed by atoms with Crippen LogP contribution in [0, 0.1) is 11.6 Å². The number of hydrogen-bond acceptors (Lipinski definition) is 4. The maximum Gasteiger partial charge on any atom is 0.409 e. The summed E-state index contributed by atoms with van der Waals surface area (Å²) in [4.78, 5) is 20.5. The van der Waals surface area contributed by atoms with Crippen LogP contribution < -0.4 is 5.32 Å². The van der Waals surface area contributed by atoms with E-state index in [-0.39, 0.29) is 12.1 Å². The highest BCUT2D eigenvalue weighted by Gasteiger charge is 2.24. The smallest absolute Gasteiger partial charge is 0.409 e. The summed E-state index contributed by atoms with van der Waals surface area (Å²) in [6.45, 7) is 3.34. The number of hydrogen-bond donors (Lipinski definition) is 2. The van der Waals surface area contributed by atoms with E-state index in [1.54, 1.807) is 11.8 Å². The SMILES string of the molecule is CCOC(=O)N1CCC(Nc2nc3cc(F)c(F)cc3[nH]2)CC1. The Labute approximate surface area is 131 Å². The molecule has 2 aromatic rings. The van der Waals surface area contributed by atoms with E-state index in [2.05, 4.69) is 15.3 Å². The number of carbonyl (C=O) groups is 1. The first kappa shape index (κ1) is 15.5. The first-order valence-electron chi connectivity index (χ1n) is 7.60. The number of imidazole rings is 1. The van der Waals surface area contributed by atoms with Crippen molar-refractivity contribution in [2.75, 3.05) is 25.0 Å². The molecule has 0 radical (unpaired) electrons. The van der Waals surface area contributed by atoms with Crippen LogP contribution in [0.1, 0.15) is 19.8 Å². The van der Waals surface area contributed by atoms with Gasteiger partial charge in [-0.15, -0.1) is 0 Å². The Kier molecular flexibility index (Phi) is 4.31. The van der Waals surface area contributed by atoms with Crippen LogP contribution >= 0.6 is 0 Å². The summed E-state index contributed by atoms with van der Waals surface area (Å²) in [5.74, 6) is -1.35. The lowest BCUT2D eigenvalue weighted by molar-refractivity contribution is 0.0983. The van der Waals surface area contributed by atoms with Crippen molar-refractivity contribution >= 4 is 23.1 Å². The average molecular weight is 324 g/mol. The number of amides is 1. The molecular formula is C15H18F2N4O2. The van der Waals surface area contributed by atoms with Crippen molar-refractivity contribution in [2.45, 2.75) is 25.8 Å². The fourth-order valence-electron chi connectivity index (χ4n) is 2.69. The summed E-state index contributed by atoms with van der Waals surface area (Å²) in [6, 6.07) is 2.29. The molecule has 124 valence electrons. The monoisotopic (exact) mass is 324 g/mol. The average Bonchev–Trinajstić information content (AvgIpc) is 2.90. The summed E-state index contributed by atoms with van der Waals surface area (Å²) >= 11 is 0. The summed E-state index contributed by atoms with van der Waals surface area (Å²) in [5.41, 5.74) is 0.811. The Morgan fingerprint density at radius 2 is 2.09 bits per heavy atom. The highest BCUT2D eigenvalue weighted by atomic mass is 19.2. The zero-order valence-corrected chi connectivity index (χ0v) is 12.7. The van der Waals surface area contributed by atoms with Gasteiger partial charge in [0, 0.05) is 31.3 Å². The minimum Gasteiger partial charge on any atom is -0.450 e. The minimum atomic E-state index is -0.918. The van der Waals surface area contributed by atoms with Gasteiger partial charge in [0.25, 0.3) is 0 Å². The highest BCUT2D eigenvalue weighted by Crippen LogP contribution is 2.20. The number of piperidine rings is 1. The molecule has 0 saturated carbocycles. The first-order valence-corrected chi connectivity index (χ1v) is 7.60. The van der Waals surface area contributed by atoms with Crippen LogP contribution in [0.3, 0.4) is 0 Å². The van der Waals surface area contributed by atoms with Gasteiger partial charge in [0.15, 0.2) is 11.6 Å². The molecule has 2 heterocycles. The quantitative estimate of drug-likeness (QED) is 0.911. The minimum absolute atomic E-state index is 0.135. The zero-order valence-electron chi connectivity index (χ0n) is 12.7. The normalized spacial score (nSPS) is 15.9. The molecule has 23 heavy (non-hydrogen) atoms. The molecule has 6 nitrogen and oxygen atoms in total. The molecule has 0 atom stereocenters. The van der Waals surface area contributed by atoms with E-state index in [4.69, 9.17) is 4.74 Å². The lowest BCUT2D eigenvalue weighted by Crippen LogP contribution is -2.42. The summed E-state index contributed by atoms with van der Waals surface area (Å²) < 4.78 is 31.4. The van der Waals surface area contributed by atoms with Crippen molar-refractivity contribution in [1.29, 1.82) is 0 Å². The van der Waals surface area contributed by atoms with E-state index in [1.807, 2.05) is 0 Å². The van der Waals surface area contributed by atoms with Gasteiger partial charge in [0.1, 0.15) is 0 Å². The Morgan fingerprint density at radius 1 is 1.39 bits per heavy atom. The molecule has 2 N–H and O–H groups in total. The van der Waals surface area contributed by atoms with Gasteiger partial charge >= 0.3 is 6.09 Å². The molecule has 1 aromatic carbocycles. The van der Waals surface area contributed by atoms with Gasteiger partial charge in [-0.2, -0.15) is 0 Å². The number of rotatable bonds is 3. The van der Waals surface area contributed by atoms with Gasteiger partial charge in [-0.25, -0.2) is 18.6 Å². The molecule has 1 aromatic heterocycles. The predicted octanol–water partition coefficient (Wildman–Crippen LogP) is 2.87. The number of fused-ring (bicyclic) bond motifs is 1. The molecule has 1 saturated heterocycles. The number of halogens is 2. The highest BCUT2D eigenvalue weighted by molar-refractivity contribution is 5.77. The summed E-state index contributed by atoms with van der Waals surface area (Å²) in [5, 5.41) is 3.21. The van der Waals surface area contributed by atoms with Crippen LogP contribution in [0.25, 0.3) is 11.0 Å². The van der Waals surface area contributed by atoms with Gasteiger partial charge in [-0.1, -0.05) is 0 Å². The molecule has 1 fully saturated rings. The summed E-state index contributed by atoms with van der Waals surface area (Å²) in [6.07, 6.45) is 1.21. The third-order valence-corrected chi connectivity index (χ3v) is 3.89. The largest absolute Gasteiger partial charge is 0.450 e. The number of aromatic amines is 1. The Hall–Kier alpha value is -2.38. The maximum atomic E-state index is 13.2. The van der Waals surface area contributed by atoms with E-state index in [1.165, 1.54) is 0 Å². The van der Waals surface area contributed by atoms with Gasteiger partial charge in [0.2, 0.25) is 5.95 Å². The van der Waals surface area contributed by atoms with Crippen LogP contribution in [0.5, 0.6) is 0 Å². The summed E-state index contributed by atoms with van der Waals surface area (Å²) in [7, 11) is 0. The molecule has 1 aliphatic heterocycles. The topological polar surface area (TPSA) is 70.2 Å². The second-order valence-electron chi connectivity index (χ2n) is 5.47. The zero-order chi connectivity index (χ0) is 16.4. The molecule has 1 aliphatic rings. The van der Waals surface area contributed by atoms with Crippen LogP contribution in [-0.4, -0.2) is 46.7 Å². The van der Waals surface area contributed by atoms with Crippen molar-refractivity contribution in [3.63, 3.8) is 0 Å². The van der Waals surface area contributed by atoms with Gasteiger partial charge in [-0.05, 0) is 19.8 Å². The number of carbonyl (C=O) groups excluding carboxylic acids is 1. The fourth-order valence-corrected chi connectivity index (χ4v) is 2.69. The van der Waals surface area contributed by atoms with Crippen LogP contribution in [-0.2, 0) is 4.74 Å². The molecule has 8 heteroatoms. The maximum absolute atomic E-state index is 13.2. The standard InChI is InChI=1S/C15H18F2N4O2/c1-2-23-15(22)21-5-3-9(4-6-21)18-14-19-12-7-10(16)11(17)8-13(12)20-14/h7-9H,2-6H2,1H3,(H2,18,19,20). The van der Waals surface area contributed by atoms with E-state index >= 15 is 0 Å². The number of aromatic nitrogens is 2. The molecular weight excluding hydrogens is 306 g/mol. The molecule has 1 amide bonds. The lowest BCUT2D eigenvalue weighted by atomic mass is 10.1. The number of benzene rings is 1. The van der Waals surface area contributed by atoms with Gasteiger partial charge < -0.3 is 19.9 Å². The molecule has 0 unspecified atom stereocenters. The van der Waals surface area contributed by atoms with Crippen LogP contribution in [0.4, 0.5) is 19.5 Å². The van der Waals surface area contributed by atoms with Crippen molar-refractivity contribution in [1.82, 2.24) is 14.9 Å². The van der Waals surface area contributed by atoms with Crippen molar-refractivity contribution in [3.05, 3.63) is 23.8 Å². The van der Waals surface area contributed by atoms with Crippen molar-refractivity contribution in [3.8, 4) is 0 Å². The second kappa shape index (κ2) is 6.39. The van der Waals surface area contributed by atoms with Gasteiger partial charge in [0.05, 0.1) is 17.6 Å². The third kappa shape index (κ3) is 3.35. The molecule has 3 rings (SSSR count). The number of ether oxygens (including phenoxy) is 1. The number of nitrogens with one attached hydrogen (secondary N) is 2. The predicted molar refractivity (Wildman–Crippen MR) is 81.2 cm³/mol. The van der Waals surface area contributed by atoms with E-state index < -0.39 is 11.6 Å². The van der Waals surface area contributed by atoms with Crippen molar-refractivity contribution < 1.29 is 18.3 Å². The molecule has 0 bridgehead atoms. The number of nitrogens with zero attached hydrogens (tertiary/aromatic N) is 2. The number of anilines is 1. The van der Waals surface area contributed by atoms with E-state index in [0.717, 1.165) is 25.0 Å². The Balaban J connectivity index is 1.61. The van der Waals surface area contributed by atoms with Crippen molar-refractivity contribution in [2.24, 2.45) is 0 Å². The lowest BCUT2D eigenvalue weighted by Gasteiger charge is -2.31. The number of likely N-dealkylation sites (tertiary alicyclic amines) is 1. The van der Waals surface area contributed by atoms with Crippen LogP contribution in [0.15, 0.2) is 12.1 Å². The van der Waals surface area contributed by atoms with Gasteiger partial charge in [-0.3, -0.25) is 0 Å². The first-order chi connectivity index (χ1) is 11.1. The number of H-pyrrole nitrogens is 1.